The van der Waals surface area contributed by atoms with Crippen molar-refractivity contribution in [2.24, 2.45) is 0 Å². The summed E-state index contributed by atoms with van der Waals surface area (Å²) in [5.74, 6) is 0. The zero-order chi connectivity index (χ0) is 30.5. The van der Waals surface area contributed by atoms with Crippen molar-refractivity contribution in [1.29, 1.82) is 0 Å². The van der Waals surface area contributed by atoms with E-state index in [-0.39, 0.29) is 40.7 Å². The fraction of sp³-hybridized carbons (Fsp3) is 0.184. The van der Waals surface area contributed by atoms with Gasteiger partial charge in [-0.15, -0.1) is 58.7 Å². The van der Waals surface area contributed by atoms with Crippen molar-refractivity contribution in [3.63, 3.8) is 0 Å². The Bertz CT molecular complexity index is 1350. The second kappa shape index (κ2) is 21.4. The van der Waals surface area contributed by atoms with Crippen LogP contribution in [0.25, 0.3) is 0 Å². The van der Waals surface area contributed by atoms with E-state index in [1.165, 1.54) is 43.5 Å². The zero-order valence-corrected chi connectivity index (χ0v) is 33.5. The molecule has 0 fully saturated rings. The molecule has 0 spiro atoms. The van der Waals surface area contributed by atoms with Crippen LogP contribution in [0.15, 0.2) is 148 Å². The maximum Gasteiger partial charge on any atom is -0.171 e. The molecule has 44 heavy (non-hydrogen) atoms. The fourth-order valence-corrected chi connectivity index (χ4v) is 10.6. The molecule has 6 heteroatoms. The predicted molar refractivity (Wildman–Crippen MR) is 201 cm³/mol. The molecular weight excluding hydrogens is 709 g/mol. The van der Waals surface area contributed by atoms with Crippen LogP contribution in [0.1, 0.15) is 34.6 Å². The van der Waals surface area contributed by atoms with Gasteiger partial charge in [-0.2, -0.15) is 78.8 Å². The van der Waals surface area contributed by atoms with Gasteiger partial charge in [-0.25, -0.2) is 0 Å². The molecule has 0 saturated carbocycles. The van der Waals surface area contributed by atoms with Gasteiger partial charge >= 0.3 is 30.2 Å². The minimum absolute atomic E-state index is 0. The number of benzene rings is 3. The monoisotopic (exact) mass is 748 g/mol. The smallest absolute Gasteiger partial charge is 0.171 e. The number of allylic oxidation sites excluding steroid dienone is 12. The Kier molecular flexibility index (Phi) is 19.8. The molecule has 0 saturated heterocycles. The molecule has 0 amide bonds. The quantitative estimate of drug-likeness (QED) is 0.139. The summed E-state index contributed by atoms with van der Waals surface area (Å²) in [6, 6.07) is 34.3. The van der Waals surface area contributed by atoms with E-state index in [0.717, 1.165) is 0 Å². The van der Waals surface area contributed by atoms with E-state index in [0.29, 0.717) is 11.3 Å². The first-order valence-corrected chi connectivity index (χ1v) is 23.0. The third-order valence-electron chi connectivity index (χ3n) is 6.75. The SMILES string of the molecule is CC1=[C-]C2=CC(C)P(c3ccccc3)C2=C1.CC1=[C-]C2=CC(C)P(c3ccccc3)C2=C1.Cl.Cl.[CH2-]C.[SiH2]=[Zr].[c-]1ccccc1. The molecule has 4 atom stereocenters. The van der Waals surface area contributed by atoms with Crippen LogP contribution in [0.2, 0.25) is 0 Å². The van der Waals surface area contributed by atoms with Gasteiger partial charge in [0.15, 0.2) is 0 Å². The number of rotatable bonds is 2. The minimum atomic E-state index is -0.183. The van der Waals surface area contributed by atoms with Crippen LogP contribution < -0.4 is 10.6 Å². The van der Waals surface area contributed by atoms with E-state index in [1.54, 1.807) is 30.3 Å². The van der Waals surface area contributed by atoms with Gasteiger partial charge in [0.25, 0.3) is 0 Å². The zero-order valence-electron chi connectivity index (χ0n) is 26.2. The van der Waals surface area contributed by atoms with Gasteiger partial charge in [-0.1, -0.05) is 104 Å². The summed E-state index contributed by atoms with van der Waals surface area (Å²) in [6.07, 6.45) is 16.3. The van der Waals surface area contributed by atoms with Crippen LogP contribution in [0, 0.1) is 25.1 Å². The van der Waals surface area contributed by atoms with Gasteiger partial charge in [-0.05, 0) is 21.9 Å². The largest absolute Gasteiger partial charge is 0.184 e. The number of hydrogen-bond donors (Lipinski definition) is 0. The van der Waals surface area contributed by atoms with Gasteiger partial charge in [0, 0.05) is 0 Å². The number of halogens is 2. The van der Waals surface area contributed by atoms with E-state index < -0.39 is 0 Å². The summed E-state index contributed by atoms with van der Waals surface area (Å²) in [6.45, 7) is 15.9. The molecule has 4 unspecified atom stereocenters. The predicted octanol–water partition coefficient (Wildman–Crippen LogP) is 9.79. The van der Waals surface area contributed by atoms with E-state index in [2.05, 4.69) is 138 Å². The van der Waals surface area contributed by atoms with Crippen LogP contribution in [-0.2, 0) is 23.3 Å². The summed E-state index contributed by atoms with van der Waals surface area (Å²) in [5, 5.41) is 6.01. The Hall–Kier alpha value is -1.36. The molecule has 230 valence electrons. The Balaban J connectivity index is 0.000000328. The Morgan fingerprint density at radius 1 is 0.614 bits per heavy atom. The fourth-order valence-electron chi connectivity index (χ4n) is 5.18. The normalized spacial score (nSPS) is 21.1. The van der Waals surface area contributed by atoms with E-state index in [9.17, 15) is 0 Å². The molecule has 0 nitrogen and oxygen atoms in total. The standard InChI is InChI=1S/2C15H14P.C6H5.C2H5.2ClH.H2Si.Zr/c2*1-11-8-13-10-12(2)16(15(13)9-11)14-6-4-3-5-7-14;1-2-4-6-5-3-1;1-2;;;;/h2*3-7,9-10,12H,1-2H3;1-5H;1H2,2H3;2*1H;1H2;/q4*-1;;;;. The third-order valence-corrected chi connectivity index (χ3v) is 12.2. The molecule has 0 bridgehead atoms. The van der Waals surface area contributed by atoms with Crippen molar-refractivity contribution in [2.45, 2.75) is 45.9 Å². The molecule has 3 aromatic rings. The third kappa shape index (κ3) is 10.9. The topological polar surface area (TPSA) is 0 Å². The summed E-state index contributed by atoms with van der Waals surface area (Å²) >= 11 is 1.58. The first-order chi connectivity index (χ1) is 20.5. The molecule has 2 aliphatic carbocycles. The van der Waals surface area contributed by atoms with Crippen molar-refractivity contribution in [1.82, 2.24) is 0 Å². The van der Waals surface area contributed by atoms with Crippen LogP contribution in [0.3, 0.4) is 0 Å². The van der Waals surface area contributed by atoms with Crippen molar-refractivity contribution in [2.75, 3.05) is 0 Å². The van der Waals surface area contributed by atoms with Crippen LogP contribution in [-0.4, -0.2) is 18.2 Å². The van der Waals surface area contributed by atoms with Crippen molar-refractivity contribution >= 4 is 58.1 Å². The van der Waals surface area contributed by atoms with Crippen LogP contribution in [0.4, 0.5) is 0 Å². The number of fused-ring (bicyclic) bond motifs is 2. The number of hydrogen-bond acceptors (Lipinski definition) is 0. The Morgan fingerprint density at radius 3 is 1.25 bits per heavy atom. The molecule has 3 aromatic carbocycles. The maximum atomic E-state index is 3.45. The maximum absolute atomic E-state index is 3.45. The van der Waals surface area contributed by atoms with Gasteiger partial charge in [0.05, 0.1) is 0 Å². The van der Waals surface area contributed by atoms with Crippen molar-refractivity contribution in [3.8, 4) is 0 Å². The van der Waals surface area contributed by atoms with E-state index in [4.69, 9.17) is 0 Å². The van der Waals surface area contributed by atoms with Crippen LogP contribution >= 0.6 is 40.7 Å². The molecule has 0 aromatic heterocycles. The molecule has 2 aliphatic heterocycles. The van der Waals surface area contributed by atoms with E-state index >= 15 is 0 Å². The average molecular weight is 751 g/mol. The summed E-state index contributed by atoms with van der Waals surface area (Å²) < 4.78 is 0. The Morgan fingerprint density at radius 2 is 0.955 bits per heavy atom. The molecule has 2 heterocycles. The average Bonchev–Trinajstić information content (AvgIpc) is 3.74. The van der Waals surface area contributed by atoms with Crippen molar-refractivity contribution in [3.05, 3.63) is 173 Å². The second-order valence-corrected chi connectivity index (χ2v) is 14.9. The van der Waals surface area contributed by atoms with Gasteiger partial charge in [0.1, 0.15) is 0 Å². The molecule has 0 N–H and O–H groups in total. The van der Waals surface area contributed by atoms with E-state index in [1.807, 2.05) is 37.2 Å². The molecule has 7 rings (SSSR count). The second-order valence-electron chi connectivity index (χ2n) is 9.81. The van der Waals surface area contributed by atoms with Crippen molar-refractivity contribution < 1.29 is 23.3 Å². The first-order valence-electron chi connectivity index (χ1n) is 14.3. The molecular formula is C38H42Cl2P2SiZr-4. The van der Waals surface area contributed by atoms with Gasteiger partial charge in [0.2, 0.25) is 0 Å². The Labute approximate surface area is 298 Å². The molecule has 0 radical (unpaired) electrons. The minimum Gasteiger partial charge on any atom is -0.184 e. The van der Waals surface area contributed by atoms with Crippen LogP contribution in [0.5, 0.6) is 0 Å². The van der Waals surface area contributed by atoms with Gasteiger partial charge in [-0.3, -0.25) is 0 Å². The summed E-state index contributed by atoms with van der Waals surface area (Å²) in [7, 11) is -0.367. The summed E-state index contributed by atoms with van der Waals surface area (Å²) in [4.78, 5) is 0. The first kappa shape index (κ1) is 40.7. The van der Waals surface area contributed by atoms with Gasteiger partial charge < -0.3 is 6.92 Å². The summed E-state index contributed by atoms with van der Waals surface area (Å²) in [5.41, 5.74) is 6.55. The molecule has 4 aliphatic rings.